The molecule has 0 aromatic heterocycles. The lowest BCUT2D eigenvalue weighted by molar-refractivity contribution is 0.416. The number of methoxy groups -OCH3 is 1. The van der Waals surface area contributed by atoms with E-state index in [1.54, 1.807) is 7.11 Å². The standard InChI is InChI=1S/C46H34BF2NO/c1-31-9-3-8-14-45(31)50(38-24-15-32-10-4-5-11-33(32)29-38)39-25-26-43(46(30-39)51-2)41-27-28-44(42-13-7-6-12-40(41)42)47(34-16-20-36(48)21-17-34)35-18-22-37(49)23-19-35/h3-30H,1-2H3. The molecule has 0 aliphatic heterocycles. The van der Waals surface area contributed by atoms with Gasteiger partial charge in [0, 0.05) is 28.7 Å². The fourth-order valence-corrected chi connectivity index (χ4v) is 7.27. The second-order valence-electron chi connectivity index (χ2n) is 12.8. The molecule has 2 nitrogen and oxygen atoms in total. The fraction of sp³-hybridized carbons (Fsp3) is 0.0435. The lowest BCUT2D eigenvalue weighted by Gasteiger charge is -2.28. The largest absolute Gasteiger partial charge is 0.496 e. The molecule has 0 amide bonds. The molecule has 0 spiro atoms. The Morgan fingerprint density at radius 1 is 0.510 bits per heavy atom. The van der Waals surface area contributed by atoms with E-state index in [0.717, 1.165) is 66.7 Å². The molecule has 0 aliphatic rings. The minimum absolute atomic E-state index is 0.237. The summed E-state index contributed by atoms with van der Waals surface area (Å²) in [5.74, 6) is 0.154. The summed E-state index contributed by atoms with van der Waals surface area (Å²) in [5, 5.41) is 4.47. The molecular weight excluding hydrogens is 631 g/mol. The summed E-state index contributed by atoms with van der Waals surface area (Å²) in [5.41, 5.74) is 9.17. The Morgan fingerprint density at radius 2 is 1.08 bits per heavy atom. The van der Waals surface area contributed by atoms with Gasteiger partial charge in [-0.2, -0.15) is 0 Å². The van der Waals surface area contributed by atoms with Crippen molar-refractivity contribution in [2.24, 2.45) is 0 Å². The monoisotopic (exact) mass is 665 g/mol. The van der Waals surface area contributed by atoms with E-state index in [9.17, 15) is 8.78 Å². The van der Waals surface area contributed by atoms with Gasteiger partial charge in [-0.05, 0) is 94.2 Å². The Hall–Kier alpha value is -6.20. The fourth-order valence-electron chi connectivity index (χ4n) is 7.27. The lowest BCUT2D eigenvalue weighted by Crippen LogP contribution is -2.52. The van der Waals surface area contributed by atoms with Gasteiger partial charge in [0.1, 0.15) is 17.4 Å². The van der Waals surface area contributed by atoms with Crippen molar-refractivity contribution >= 4 is 61.7 Å². The maximum atomic E-state index is 14.1. The number of anilines is 3. The summed E-state index contributed by atoms with van der Waals surface area (Å²) >= 11 is 0. The molecule has 0 N–H and O–H groups in total. The number of fused-ring (bicyclic) bond motifs is 2. The molecule has 5 heteroatoms. The third kappa shape index (κ3) is 6.12. The Labute approximate surface area is 297 Å². The number of rotatable bonds is 8. The molecule has 8 rings (SSSR count). The highest BCUT2D eigenvalue weighted by atomic mass is 19.1. The molecule has 0 aliphatic carbocycles. The smallest absolute Gasteiger partial charge is 0.241 e. The summed E-state index contributed by atoms with van der Waals surface area (Å²) in [6, 6.07) is 55.5. The van der Waals surface area contributed by atoms with Crippen molar-refractivity contribution in [3.8, 4) is 16.9 Å². The normalized spacial score (nSPS) is 11.1. The molecule has 0 heterocycles. The first-order valence-corrected chi connectivity index (χ1v) is 17.0. The summed E-state index contributed by atoms with van der Waals surface area (Å²) in [7, 11) is 1.71. The van der Waals surface area contributed by atoms with Gasteiger partial charge in [0.15, 0.2) is 0 Å². The van der Waals surface area contributed by atoms with Crippen LogP contribution >= 0.6 is 0 Å². The molecule has 0 saturated heterocycles. The molecule has 8 aromatic rings. The molecule has 0 radical (unpaired) electrons. The van der Waals surface area contributed by atoms with E-state index in [1.807, 2.05) is 36.4 Å². The van der Waals surface area contributed by atoms with Crippen molar-refractivity contribution in [3.05, 3.63) is 187 Å². The first-order chi connectivity index (χ1) is 25.0. The van der Waals surface area contributed by atoms with Crippen LogP contribution in [0.1, 0.15) is 5.56 Å². The Balaban J connectivity index is 1.28. The minimum atomic E-state index is -0.297. The summed E-state index contributed by atoms with van der Waals surface area (Å²) in [6.07, 6.45) is 0. The third-order valence-electron chi connectivity index (χ3n) is 9.76. The van der Waals surface area contributed by atoms with E-state index in [0.29, 0.717) is 0 Å². The highest BCUT2D eigenvalue weighted by Gasteiger charge is 2.25. The predicted molar refractivity (Wildman–Crippen MR) is 210 cm³/mol. The molecule has 246 valence electrons. The predicted octanol–water partition coefficient (Wildman–Crippen LogP) is 10.2. The zero-order valence-corrected chi connectivity index (χ0v) is 28.4. The molecule has 0 unspecified atom stereocenters. The van der Waals surface area contributed by atoms with E-state index in [2.05, 4.69) is 121 Å². The van der Waals surface area contributed by atoms with Crippen molar-refractivity contribution in [1.82, 2.24) is 0 Å². The average molecular weight is 666 g/mol. The zero-order chi connectivity index (χ0) is 34.9. The van der Waals surface area contributed by atoms with Crippen LogP contribution in [-0.4, -0.2) is 13.8 Å². The molecule has 51 heavy (non-hydrogen) atoms. The topological polar surface area (TPSA) is 12.5 Å². The third-order valence-corrected chi connectivity index (χ3v) is 9.76. The molecular formula is C46H34BF2NO. The average Bonchev–Trinajstić information content (AvgIpc) is 3.17. The van der Waals surface area contributed by atoms with E-state index in [-0.39, 0.29) is 18.3 Å². The van der Waals surface area contributed by atoms with Crippen LogP contribution in [0.15, 0.2) is 170 Å². The Morgan fingerprint density at radius 3 is 1.76 bits per heavy atom. The number of aryl methyl sites for hydroxylation is 1. The molecule has 8 aromatic carbocycles. The van der Waals surface area contributed by atoms with Crippen molar-refractivity contribution in [1.29, 1.82) is 0 Å². The van der Waals surface area contributed by atoms with Gasteiger partial charge >= 0.3 is 0 Å². The quantitative estimate of drug-likeness (QED) is 0.150. The van der Waals surface area contributed by atoms with Gasteiger partial charge in [0.25, 0.3) is 0 Å². The van der Waals surface area contributed by atoms with Crippen LogP contribution in [0.3, 0.4) is 0 Å². The second kappa shape index (κ2) is 13.6. The van der Waals surface area contributed by atoms with E-state index in [1.165, 1.54) is 35.0 Å². The van der Waals surface area contributed by atoms with Crippen LogP contribution < -0.4 is 26.0 Å². The number of halogens is 2. The number of nitrogens with zero attached hydrogens (tertiary/aromatic N) is 1. The van der Waals surface area contributed by atoms with E-state index >= 15 is 0 Å². The summed E-state index contributed by atoms with van der Waals surface area (Å²) < 4.78 is 34.3. The second-order valence-corrected chi connectivity index (χ2v) is 12.8. The van der Waals surface area contributed by atoms with Crippen molar-refractivity contribution < 1.29 is 13.5 Å². The van der Waals surface area contributed by atoms with Gasteiger partial charge in [-0.25, -0.2) is 8.78 Å². The van der Waals surface area contributed by atoms with Crippen LogP contribution in [-0.2, 0) is 0 Å². The molecule has 0 bridgehead atoms. The van der Waals surface area contributed by atoms with Crippen molar-refractivity contribution in [3.63, 3.8) is 0 Å². The molecule has 0 saturated carbocycles. The van der Waals surface area contributed by atoms with Crippen LogP contribution in [0.2, 0.25) is 0 Å². The van der Waals surface area contributed by atoms with Crippen molar-refractivity contribution in [2.75, 3.05) is 12.0 Å². The zero-order valence-electron chi connectivity index (χ0n) is 28.4. The summed E-state index contributed by atoms with van der Waals surface area (Å²) in [4.78, 5) is 2.28. The molecule has 0 fully saturated rings. The highest BCUT2D eigenvalue weighted by molar-refractivity contribution is 6.96. The van der Waals surface area contributed by atoms with Crippen LogP contribution in [0.4, 0.5) is 25.8 Å². The highest BCUT2D eigenvalue weighted by Crippen LogP contribution is 2.42. The number of benzene rings is 8. The molecule has 0 atom stereocenters. The van der Waals surface area contributed by atoms with Gasteiger partial charge in [-0.3, -0.25) is 0 Å². The van der Waals surface area contributed by atoms with Crippen molar-refractivity contribution in [2.45, 2.75) is 6.92 Å². The van der Waals surface area contributed by atoms with Crippen LogP contribution in [0.5, 0.6) is 5.75 Å². The van der Waals surface area contributed by atoms with Gasteiger partial charge in [-0.15, -0.1) is 0 Å². The van der Waals surface area contributed by atoms with Crippen LogP contribution in [0.25, 0.3) is 32.7 Å². The number of hydrogen-bond donors (Lipinski definition) is 0. The maximum Gasteiger partial charge on any atom is 0.241 e. The van der Waals surface area contributed by atoms with Gasteiger partial charge in [0.2, 0.25) is 6.71 Å². The summed E-state index contributed by atoms with van der Waals surface area (Å²) in [6.45, 7) is 1.90. The number of ether oxygens (including phenoxy) is 1. The first kappa shape index (κ1) is 32.0. The maximum absolute atomic E-state index is 14.1. The van der Waals surface area contributed by atoms with Crippen LogP contribution in [0, 0.1) is 18.6 Å². The van der Waals surface area contributed by atoms with Gasteiger partial charge in [-0.1, -0.05) is 126 Å². The Bertz CT molecular complexity index is 2470. The SMILES string of the molecule is COc1cc(N(c2ccc3ccccc3c2)c2ccccc2C)ccc1-c1ccc(B(c2ccc(F)cc2)c2ccc(F)cc2)c2ccccc12. The number of para-hydroxylation sites is 1. The lowest BCUT2D eigenvalue weighted by atomic mass is 9.36. The van der Waals surface area contributed by atoms with Gasteiger partial charge < -0.3 is 9.64 Å². The first-order valence-electron chi connectivity index (χ1n) is 17.0. The van der Waals surface area contributed by atoms with E-state index in [4.69, 9.17) is 4.74 Å². The van der Waals surface area contributed by atoms with Gasteiger partial charge in [0.05, 0.1) is 7.11 Å². The van der Waals surface area contributed by atoms with E-state index < -0.39 is 0 Å². The minimum Gasteiger partial charge on any atom is -0.496 e. The number of hydrogen-bond acceptors (Lipinski definition) is 2. The Kier molecular flexibility index (Phi) is 8.55.